The zero-order valence-corrected chi connectivity index (χ0v) is 22.5. The highest BCUT2D eigenvalue weighted by Crippen LogP contribution is 2.33. The molecule has 1 N–H and O–H groups in total. The first kappa shape index (κ1) is 26.5. The van der Waals surface area contributed by atoms with E-state index in [1.54, 1.807) is 30.3 Å². The lowest BCUT2D eigenvalue weighted by Gasteiger charge is -2.13. The smallest absolute Gasteiger partial charge is 0.332 e. The van der Waals surface area contributed by atoms with Crippen molar-refractivity contribution in [3.63, 3.8) is 0 Å². The SMILES string of the molecule is COc1ccc(-c2nc(SCC(=O)Nc3ccc(Cl)c(Cl)c3)c3c(=O)n(C)c(=O)n(C)c3n2)cc1OC. The van der Waals surface area contributed by atoms with Gasteiger partial charge in [-0.15, -0.1) is 0 Å². The Hall–Kier alpha value is -3.54. The fourth-order valence-corrected chi connectivity index (χ4v) is 4.65. The monoisotopic (exact) mass is 561 g/mol. The average Bonchev–Trinajstić information content (AvgIpc) is 2.90. The Labute approximate surface area is 225 Å². The standard InChI is InChI=1S/C24H21Cl2N5O5S/c1-30-21-19(23(33)31(2)24(30)34)22(37-11-18(32)27-13-6-7-14(25)15(26)10-13)29-20(28-21)12-5-8-16(35-3)17(9-12)36-4/h5-10H,11H2,1-4H3,(H,27,32). The number of thioether (sulfide) groups is 1. The van der Waals surface area contributed by atoms with Crippen molar-refractivity contribution < 1.29 is 14.3 Å². The number of benzene rings is 2. The molecule has 0 unspecified atom stereocenters. The predicted octanol–water partition coefficient (Wildman–Crippen LogP) is 3.75. The number of rotatable bonds is 7. The van der Waals surface area contributed by atoms with Gasteiger partial charge in [-0.05, 0) is 36.4 Å². The zero-order valence-electron chi connectivity index (χ0n) is 20.2. The quantitative estimate of drug-likeness (QED) is 0.268. The third kappa shape index (κ3) is 5.29. The van der Waals surface area contributed by atoms with Crippen LogP contribution < -0.4 is 26.0 Å². The number of hydrogen-bond acceptors (Lipinski definition) is 8. The van der Waals surface area contributed by atoms with Crippen molar-refractivity contribution in [1.82, 2.24) is 19.1 Å². The van der Waals surface area contributed by atoms with Crippen molar-refractivity contribution in [3.05, 3.63) is 67.3 Å². The first-order valence-corrected chi connectivity index (χ1v) is 12.5. The number of carbonyl (C=O) groups is 1. The van der Waals surface area contributed by atoms with Gasteiger partial charge in [0.05, 0.1) is 30.0 Å². The van der Waals surface area contributed by atoms with E-state index in [2.05, 4.69) is 15.3 Å². The van der Waals surface area contributed by atoms with Gasteiger partial charge in [0.15, 0.2) is 23.0 Å². The zero-order chi connectivity index (χ0) is 26.9. The van der Waals surface area contributed by atoms with E-state index in [1.165, 1.54) is 38.9 Å². The topological polar surface area (TPSA) is 117 Å². The van der Waals surface area contributed by atoms with Gasteiger partial charge < -0.3 is 14.8 Å². The second kappa shape index (κ2) is 10.8. The number of fused-ring (bicyclic) bond motifs is 1. The molecule has 10 nitrogen and oxygen atoms in total. The molecule has 0 saturated carbocycles. The van der Waals surface area contributed by atoms with Gasteiger partial charge in [-0.1, -0.05) is 35.0 Å². The molecule has 4 aromatic rings. The van der Waals surface area contributed by atoms with E-state index in [-0.39, 0.29) is 33.5 Å². The Morgan fingerprint density at radius 3 is 2.38 bits per heavy atom. The van der Waals surface area contributed by atoms with Crippen LogP contribution in [0.2, 0.25) is 10.0 Å². The summed E-state index contributed by atoms with van der Waals surface area (Å²) in [6, 6.07) is 9.84. The van der Waals surface area contributed by atoms with Crippen LogP contribution in [0.5, 0.6) is 11.5 Å². The molecule has 37 heavy (non-hydrogen) atoms. The van der Waals surface area contributed by atoms with Crippen LogP contribution in [0.4, 0.5) is 5.69 Å². The summed E-state index contributed by atoms with van der Waals surface area (Å²) in [5, 5.41) is 3.78. The van der Waals surface area contributed by atoms with Crippen molar-refractivity contribution in [3.8, 4) is 22.9 Å². The van der Waals surface area contributed by atoms with Gasteiger partial charge in [0.25, 0.3) is 5.56 Å². The van der Waals surface area contributed by atoms with E-state index >= 15 is 0 Å². The number of nitrogens with one attached hydrogen (secondary N) is 1. The molecule has 2 aromatic carbocycles. The maximum Gasteiger partial charge on any atom is 0.332 e. The van der Waals surface area contributed by atoms with Gasteiger partial charge in [-0.25, -0.2) is 14.8 Å². The Kier molecular flexibility index (Phi) is 7.76. The summed E-state index contributed by atoms with van der Waals surface area (Å²) in [7, 11) is 5.91. The molecule has 1 amide bonds. The summed E-state index contributed by atoms with van der Waals surface area (Å²) in [6.07, 6.45) is 0. The van der Waals surface area contributed by atoms with E-state index in [0.29, 0.717) is 32.8 Å². The Morgan fingerprint density at radius 1 is 0.973 bits per heavy atom. The Balaban J connectivity index is 1.77. The average molecular weight is 562 g/mol. The van der Waals surface area contributed by atoms with Crippen LogP contribution in [0, 0.1) is 0 Å². The van der Waals surface area contributed by atoms with E-state index < -0.39 is 11.2 Å². The van der Waals surface area contributed by atoms with E-state index in [4.69, 9.17) is 32.7 Å². The van der Waals surface area contributed by atoms with Gasteiger partial charge in [0, 0.05) is 25.3 Å². The van der Waals surface area contributed by atoms with Crippen molar-refractivity contribution >= 4 is 57.6 Å². The van der Waals surface area contributed by atoms with Crippen molar-refractivity contribution in [2.75, 3.05) is 25.3 Å². The van der Waals surface area contributed by atoms with Crippen molar-refractivity contribution in [2.45, 2.75) is 5.03 Å². The molecular formula is C24H21Cl2N5O5S. The largest absolute Gasteiger partial charge is 0.493 e. The molecule has 0 saturated heterocycles. The third-order valence-corrected chi connectivity index (χ3v) is 7.17. The lowest BCUT2D eigenvalue weighted by Crippen LogP contribution is -2.37. The minimum atomic E-state index is -0.565. The van der Waals surface area contributed by atoms with Crippen LogP contribution in [0.1, 0.15) is 0 Å². The molecule has 0 aliphatic rings. The molecule has 2 aromatic heterocycles. The van der Waals surface area contributed by atoms with Crippen LogP contribution >= 0.6 is 35.0 Å². The number of hydrogen-bond donors (Lipinski definition) is 1. The molecular weight excluding hydrogens is 541 g/mol. The molecule has 0 fully saturated rings. The second-order valence-electron chi connectivity index (χ2n) is 7.79. The van der Waals surface area contributed by atoms with E-state index in [9.17, 15) is 14.4 Å². The van der Waals surface area contributed by atoms with Gasteiger partial charge in [0.1, 0.15) is 10.4 Å². The van der Waals surface area contributed by atoms with Crippen LogP contribution in [0.3, 0.4) is 0 Å². The molecule has 4 rings (SSSR count). The highest BCUT2D eigenvalue weighted by Gasteiger charge is 2.20. The Morgan fingerprint density at radius 2 is 1.70 bits per heavy atom. The second-order valence-corrected chi connectivity index (χ2v) is 9.57. The van der Waals surface area contributed by atoms with Crippen molar-refractivity contribution in [2.24, 2.45) is 14.1 Å². The molecule has 2 heterocycles. The predicted molar refractivity (Wildman–Crippen MR) is 144 cm³/mol. The van der Waals surface area contributed by atoms with Gasteiger partial charge in [-0.2, -0.15) is 0 Å². The van der Waals surface area contributed by atoms with Crippen LogP contribution in [0.15, 0.2) is 51.0 Å². The number of carbonyl (C=O) groups excluding carboxylic acids is 1. The molecule has 0 aliphatic carbocycles. The maximum atomic E-state index is 13.1. The Bertz CT molecular complexity index is 1650. The number of amides is 1. The normalized spacial score (nSPS) is 11.0. The number of nitrogens with zero attached hydrogens (tertiary/aromatic N) is 4. The van der Waals surface area contributed by atoms with Gasteiger partial charge >= 0.3 is 5.69 Å². The third-order valence-electron chi connectivity index (χ3n) is 5.45. The molecule has 13 heteroatoms. The fraction of sp³-hybridized carbons (Fsp3) is 0.208. The highest BCUT2D eigenvalue weighted by atomic mass is 35.5. The fourth-order valence-electron chi connectivity index (χ4n) is 3.54. The van der Waals surface area contributed by atoms with Crippen LogP contribution in [0.25, 0.3) is 22.4 Å². The number of aryl methyl sites for hydroxylation is 1. The number of methoxy groups -OCH3 is 2. The van der Waals surface area contributed by atoms with Gasteiger partial charge in [0.2, 0.25) is 5.91 Å². The molecule has 0 spiro atoms. The summed E-state index contributed by atoms with van der Waals surface area (Å²) in [6.45, 7) is 0. The minimum absolute atomic E-state index is 0.0796. The molecule has 0 radical (unpaired) electrons. The summed E-state index contributed by atoms with van der Waals surface area (Å²) < 4.78 is 12.9. The number of aromatic nitrogens is 4. The first-order valence-electron chi connectivity index (χ1n) is 10.7. The summed E-state index contributed by atoms with van der Waals surface area (Å²) in [5.74, 6) is 0.774. The summed E-state index contributed by atoms with van der Waals surface area (Å²) in [4.78, 5) is 47.4. The molecule has 0 aliphatic heterocycles. The van der Waals surface area contributed by atoms with E-state index in [1.807, 2.05) is 0 Å². The van der Waals surface area contributed by atoms with Gasteiger partial charge in [-0.3, -0.25) is 18.7 Å². The number of ether oxygens (including phenoxy) is 2. The summed E-state index contributed by atoms with van der Waals surface area (Å²) in [5.41, 5.74) is 0.0686. The first-order chi connectivity index (χ1) is 17.6. The van der Waals surface area contributed by atoms with E-state index in [0.717, 1.165) is 16.3 Å². The van der Waals surface area contributed by atoms with Crippen LogP contribution in [-0.4, -0.2) is 45.0 Å². The lowest BCUT2D eigenvalue weighted by molar-refractivity contribution is -0.113. The maximum absolute atomic E-state index is 13.1. The lowest BCUT2D eigenvalue weighted by atomic mass is 10.2. The number of halogens is 2. The number of anilines is 1. The molecule has 0 atom stereocenters. The molecule has 192 valence electrons. The minimum Gasteiger partial charge on any atom is -0.493 e. The summed E-state index contributed by atoms with van der Waals surface area (Å²) >= 11 is 13.0. The highest BCUT2D eigenvalue weighted by molar-refractivity contribution is 8.00. The molecule has 0 bridgehead atoms. The van der Waals surface area contributed by atoms with Crippen molar-refractivity contribution in [1.29, 1.82) is 0 Å². The van der Waals surface area contributed by atoms with Crippen LogP contribution in [-0.2, 0) is 18.9 Å².